The second-order valence-electron chi connectivity index (χ2n) is 3.95. The van der Waals surface area contributed by atoms with Gasteiger partial charge in [-0.3, -0.25) is 4.79 Å². The van der Waals surface area contributed by atoms with Crippen molar-refractivity contribution in [2.75, 3.05) is 0 Å². The molecule has 2 heterocycles. The summed E-state index contributed by atoms with van der Waals surface area (Å²) in [6.07, 6.45) is 10.7. The lowest BCUT2D eigenvalue weighted by Gasteiger charge is -1.97. The molecule has 1 amide bonds. The van der Waals surface area contributed by atoms with E-state index in [1.54, 1.807) is 6.08 Å². The van der Waals surface area contributed by atoms with Gasteiger partial charge in [-0.15, -0.1) is 0 Å². The predicted octanol–water partition coefficient (Wildman–Crippen LogP) is 2.85. The summed E-state index contributed by atoms with van der Waals surface area (Å²) in [5.74, 6) is -0.128. The molecule has 0 spiro atoms. The van der Waals surface area contributed by atoms with Gasteiger partial charge in [0, 0.05) is 22.9 Å². The van der Waals surface area contributed by atoms with Crippen molar-refractivity contribution in [2.24, 2.45) is 0 Å². The van der Waals surface area contributed by atoms with Crippen LogP contribution in [0.2, 0.25) is 0 Å². The third-order valence-electron chi connectivity index (χ3n) is 2.46. The summed E-state index contributed by atoms with van der Waals surface area (Å²) in [4.78, 5) is 15.9. The lowest BCUT2D eigenvalue weighted by atomic mass is 10.4. The van der Waals surface area contributed by atoms with E-state index in [1.165, 1.54) is 6.08 Å². The highest BCUT2D eigenvalue weighted by Crippen LogP contribution is 2.12. The zero-order valence-electron chi connectivity index (χ0n) is 10.5. The number of halogens is 1. The van der Waals surface area contributed by atoms with E-state index in [0.29, 0.717) is 6.54 Å². The number of carbonyl (C=O) groups excluding carboxylic acids is 1. The number of rotatable bonds is 4. The topological polar surface area (TPSA) is 46.4 Å². The molecule has 0 unspecified atom stereocenters. The van der Waals surface area contributed by atoms with Crippen LogP contribution in [-0.2, 0) is 11.3 Å². The quantitative estimate of drug-likeness (QED) is 0.695. The van der Waals surface area contributed by atoms with E-state index in [-0.39, 0.29) is 5.91 Å². The van der Waals surface area contributed by atoms with Crippen molar-refractivity contribution in [3.8, 4) is 0 Å². The van der Waals surface area contributed by atoms with Gasteiger partial charge in [0.25, 0.3) is 0 Å². The summed E-state index contributed by atoms with van der Waals surface area (Å²) in [6.45, 7) is 2.31. The smallest absolute Gasteiger partial charge is 0.244 e. The average Bonchev–Trinajstić information content (AvgIpc) is 2.78. The number of imidazole rings is 1. The Hall–Kier alpha value is -1.88. The first-order valence-corrected chi connectivity index (χ1v) is 6.68. The Morgan fingerprint density at radius 1 is 1.42 bits per heavy atom. The molecule has 5 heteroatoms. The van der Waals surface area contributed by atoms with Gasteiger partial charge in [-0.25, -0.2) is 4.98 Å². The Morgan fingerprint density at radius 3 is 3.05 bits per heavy atom. The third-order valence-corrected chi connectivity index (χ3v) is 2.93. The first-order valence-electron chi connectivity index (χ1n) is 5.89. The van der Waals surface area contributed by atoms with Gasteiger partial charge in [0.2, 0.25) is 5.91 Å². The maximum absolute atomic E-state index is 11.5. The molecule has 0 saturated carbocycles. The Bertz CT molecular complexity index is 643. The number of pyridine rings is 1. The van der Waals surface area contributed by atoms with Gasteiger partial charge in [0.05, 0.1) is 12.2 Å². The number of fused-ring (bicyclic) bond motifs is 1. The molecule has 0 radical (unpaired) electrons. The number of allylic oxidation sites excluding steroid dienone is 3. The molecule has 0 fully saturated rings. The molecule has 4 nitrogen and oxygen atoms in total. The minimum absolute atomic E-state index is 0.128. The van der Waals surface area contributed by atoms with Gasteiger partial charge in [0.1, 0.15) is 5.65 Å². The molecule has 2 rings (SSSR count). The standard InChI is InChI=1S/C14H14BrN3O/c1-2-3-4-5-14(19)16-8-12-10-18-9-11(15)6-7-13(18)17-12/h2-7,9-10H,8H2,1H3,(H,16,19). The SMILES string of the molecule is CC=CC=CC(=O)NCc1cn2cc(Br)ccc2n1. The highest BCUT2D eigenvalue weighted by atomic mass is 79.9. The van der Waals surface area contributed by atoms with Crippen molar-refractivity contribution in [1.82, 2.24) is 14.7 Å². The largest absolute Gasteiger partial charge is 0.347 e. The summed E-state index contributed by atoms with van der Waals surface area (Å²) in [5, 5.41) is 2.79. The number of nitrogens with one attached hydrogen (secondary N) is 1. The van der Waals surface area contributed by atoms with Crippen molar-refractivity contribution < 1.29 is 4.79 Å². The lowest BCUT2D eigenvalue weighted by molar-refractivity contribution is -0.116. The predicted molar refractivity (Wildman–Crippen MR) is 78.7 cm³/mol. The van der Waals surface area contributed by atoms with Gasteiger partial charge in [-0.05, 0) is 35.0 Å². The third kappa shape index (κ3) is 3.79. The van der Waals surface area contributed by atoms with E-state index in [2.05, 4.69) is 26.2 Å². The molecule has 0 aliphatic rings. The van der Waals surface area contributed by atoms with E-state index >= 15 is 0 Å². The average molecular weight is 320 g/mol. The van der Waals surface area contributed by atoms with E-state index in [0.717, 1.165) is 15.8 Å². The van der Waals surface area contributed by atoms with Crippen LogP contribution in [0.25, 0.3) is 5.65 Å². The van der Waals surface area contributed by atoms with E-state index < -0.39 is 0 Å². The van der Waals surface area contributed by atoms with Crippen molar-refractivity contribution in [2.45, 2.75) is 13.5 Å². The lowest BCUT2D eigenvalue weighted by Crippen LogP contribution is -2.20. The number of aromatic nitrogens is 2. The Morgan fingerprint density at radius 2 is 2.26 bits per heavy atom. The number of hydrogen-bond donors (Lipinski definition) is 1. The van der Waals surface area contributed by atoms with E-state index in [9.17, 15) is 4.79 Å². The molecule has 19 heavy (non-hydrogen) atoms. The first kappa shape index (κ1) is 13.5. The fourth-order valence-corrected chi connectivity index (χ4v) is 1.95. The van der Waals surface area contributed by atoms with Crippen LogP contribution >= 0.6 is 15.9 Å². The zero-order chi connectivity index (χ0) is 13.7. The molecule has 0 saturated heterocycles. The maximum Gasteiger partial charge on any atom is 0.244 e. The number of nitrogens with zero attached hydrogens (tertiary/aromatic N) is 2. The van der Waals surface area contributed by atoms with Crippen LogP contribution in [0.3, 0.4) is 0 Å². The fourth-order valence-electron chi connectivity index (χ4n) is 1.59. The Kier molecular flexibility index (Phi) is 4.52. The second kappa shape index (κ2) is 6.33. The molecule has 0 bridgehead atoms. The highest BCUT2D eigenvalue weighted by Gasteiger charge is 2.02. The van der Waals surface area contributed by atoms with Crippen LogP contribution < -0.4 is 5.32 Å². The maximum atomic E-state index is 11.5. The van der Waals surface area contributed by atoms with Gasteiger partial charge >= 0.3 is 0 Å². The number of hydrogen-bond acceptors (Lipinski definition) is 2. The molecule has 1 N–H and O–H groups in total. The molecular weight excluding hydrogens is 306 g/mol. The summed E-state index contributed by atoms with van der Waals surface area (Å²) in [6, 6.07) is 3.85. The zero-order valence-corrected chi connectivity index (χ0v) is 12.1. The minimum Gasteiger partial charge on any atom is -0.347 e. The van der Waals surface area contributed by atoms with Gasteiger partial charge in [0.15, 0.2) is 0 Å². The van der Waals surface area contributed by atoms with Crippen LogP contribution in [0.1, 0.15) is 12.6 Å². The van der Waals surface area contributed by atoms with Gasteiger partial charge in [-0.2, -0.15) is 0 Å². The van der Waals surface area contributed by atoms with Gasteiger partial charge < -0.3 is 9.72 Å². The Labute approximate surface area is 120 Å². The van der Waals surface area contributed by atoms with Crippen LogP contribution in [0.5, 0.6) is 0 Å². The highest BCUT2D eigenvalue weighted by molar-refractivity contribution is 9.10. The molecule has 2 aromatic heterocycles. The molecule has 0 aliphatic carbocycles. The fraction of sp³-hybridized carbons (Fsp3) is 0.143. The van der Waals surface area contributed by atoms with Gasteiger partial charge in [-0.1, -0.05) is 18.2 Å². The normalized spacial score (nSPS) is 11.7. The van der Waals surface area contributed by atoms with Crippen LogP contribution in [0.15, 0.2) is 53.3 Å². The molecule has 98 valence electrons. The minimum atomic E-state index is -0.128. The van der Waals surface area contributed by atoms with Crippen molar-refractivity contribution in [3.05, 3.63) is 59.0 Å². The molecule has 2 aromatic rings. The van der Waals surface area contributed by atoms with Crippen LogP contribution in [0, 0.1) is 0 Å². The van der Waals surface area contributed by atoms with Crippen LogP contribution in [-0.4, -0.2) is 15.3 Å². The Balaban J connectivity index is 2.00. The van der Waals surface area contributed by atoms with E-state index in [4.69, 9.17) is 0 Å². The summed E-state index contributed by atoms with van der Waals surface area (Å²) in [5.41, 5.74) is 1.68. The second-order valence-corrected chi connectivity index (χ2v) is 4.86. The molecule has 0 atom stereocenters. The van der Waals surface area contributed by atoms with E-state index in [1.807, 2.05) is 48.0 Å². The monoisotopic (exact) mass is 319 g/mol. The molecule has 0 aliphatic heterocycles. The van der Waals surface area contributed by atoms with Crippen molar-refractivity contribution >= 4 is 27.5 Å². The number of amides is 1. The van der Waals surface area contributed by atoms with Crippen molar-refractivity contribution in [1.29, 1.82) is 0 Å². The summed E-state index contributed by atoms with van der Waals surface area (Å²) < 4.78 is 2.91. The summed E-state index contributed by atoms with van der Waals surface area (Å²) in [7, 11) is 0. The van der Waals surface area contributed by atoms with Crippen molar-refractivity contribution in [3.63, 3.8) is 0 Å². The first-order chi connectivity index (χ1) is 9.19. The molecular formula is C14H14BrN3O. The summed E-state index contributed by atoms with van der Waals surface area (Å²) >= 11 is 3.41. The molecule has 0 aromatic carbocycles. The van der Waals surface area contributed by atoms with Crippen LogP contribution in [0.4, 0.5) is 0 Å². The number of carbonyl (C=O) groups is 1.